The number of aryl methyl sites for hydroxylation is 1. The van der Waals surface area contributed by atoms with Crippen LogP contribution in [-0.2, 0) is 11.3 Å². The van der Waals surface area contributed by atoms with Crippen LogP contribution in [0.1, 0.15) is 5.69 Å². The summed E-state index contributed by atoms with van der Waals surface area (Å²) < 4.78 is 1.51. The van der Waals surface area contributed by atoms with Crippen molar-refractivity contribution in [2.75, 3.05) is 5.73 Å². The fourth-order valence-corrected chi connectivity index (χ4v) is 1.41. The number of aldehydes is 1. The van der Waals surface area contributed by atoms with Gasteiger partial charge in [0.05, 0.1) is 17.6 Å². The Morgan fingerprint density at radius 3 is 3.07 bits per heavy atom. The van der Waals surface area contributed by atoms with E-state index in [0.717, 1.165) is 12.0 Å². The third kappa shape index (κ3) is 1.12. The minimum absolute atomic E-state index is 0.181. The van der Waals surface area contributed by atoms with Crippen LogP contribution in [0, 0.1) is 6.92 Å². The molecule has 0 saturated heterocycles. The van der Waals surface area contributed by atoms with Gasteiger partial charge in [0.25, 0.3) is 0 Å². The fourth-order valence-electron chi connectivity index (χ4n) is 1.41. The molecule has 2 aromatic heterocycles. The average molecular weight is 191 g/mol. The summed E-state index contributed by atoms with van der Waals surface area (Å²) in [4.78, 5) is 18.3. The molecule has 0 amide bonds. The fraction of sp³-hybridized carbons (Fsp3) is 0.250. The van der Waals surface area contributed by atoms with E-state index in [-0.39, 0.29) is 6.54 Å². The predicted octanol–water partition coefficient (Wildman–Crippen LogP) is -0.0842. The molecule has 0 saturated carbocycles. The lowest BCUT2D eigenvalue weighted by atomic mass is 10.3. The lowest BCUT2D eigenvalue weighted by molar-refractivity contribution is -0.108. The summed E-state index contributed by atoms with van der Waals surface area (Å²) in [7, 11) is 0. The van der Waals surface area contributed by atoms with Crippen molar-refractivity contribution in [2.24, 2.45) is 0 Å². The maximum Gasteiger partial charge on any atom is 0.163 e. The van der Waals surface area contributed by atoms with Crippen molar-refractivity contribution in [3.8, 4) is 0 Å². The lowest BCUT2D eigenvalue weighted by Gasteiger charge is -1.96. The topological polar surface area (TPSA) is 86.7 Å². The SMILES string of the molecule is Cc1nn(CC=O)c2ncnc(N)c12. The first-order valence-electron chi connectivity index (χ1n) is 4.11. The van der Waals surface area contributed by atoms with Gasteiger partial charge in [0, 0.05) is 0 Å². The van der Waals surface area contributed by atoms with Crippen molar-refractivity contribution in [3.05, 3.63) is 12.0 Å². The number of fused-ring (bicyclic) bond motifs is 1. The summed E-state index contributed by atoms with van der Waals surface area (Å²) in [5.74, 6) is 0.393. The number of hydrogen-bond donors (Lipinski definition) is 1. The second kappa shape index (κ2) is 3.06. The summed E-state index contributed by atoms with van der Waals surface area (Å²) in [6.45, 7) is 1.99. The molecule has 0 radical (unpaired) electrons. The Labute approximate surface area is 79.8 Å². The van der Waals surface area contributed by atoms with Gasteiger partial charge in [-0.1, -0.05) is 0 Å². The third-order valence-corrected chi connectivity index (χ3v) is 1.98. The van der Waals surface area contributed by atoms with Gasteiger partial charge in [-0.2, -0.15) is 5.10 Å². The first kappa shape index (κ1) is 8.61. The van der Waals surface area contributed by atoms with Crippen LogP contribution in [-0.4, -0.2) is 26.0 Å². The molecule has 2 aromatic rings. The van der Waals surface area contributed by atoms with Gasteiger partial charge in [0.1, 0.15) is 18.4 Å². The van der Waals surface area contributed by atoms with E-state index in [1.54, 1.807) is 0 Å². The van der Waals surface area contributed by atoms with Crippen LogP contribution < -0.4 is 5.73 Å². The van der Waals surface area contributed by atoms with Gasteiger partial charge < -0.3 is 10.5 Å². The molecule has 0 aliphatic carbocycles. The van der Waals surface area contributed by atoms with Gasteiger partial charge >= 0.3 is 0 Å². The van der Waals surface area contributed by atoms with E-state index in [1.807, 2.05) is 6.92 Å². The molecule has 14 heavy (non-hydrogen) atoms. The van der Waals surface area contributed by atoms with Crippen LogP contribution in [0.3, 0.4) is 0 Å². The van der Waals surface area contributed by atoms with Gasteiger partial charge in [-0.05, 0) is 6.92 Å². The van der Waals surface area contributed by atoms with Crippen LogP contribution in [0.4, 0.5) is 5.82 Å². The van der Waals surface area contributed by atoms with E-state index in [9.17, 15) is 4.79 Å². The van der Waals surface area contributed by atoms with Crippen LogP contribution in [0.15, 0.2) is 6.33 Å². The van der Waals surface area contributed by atoms with Crippen molar-refractivity contribution in [2.45, 2.75) is 13.5 Å². The number of aromatic nitrogens is 4. The molecule has 0 unspecified atom stereocenters. The Balaban J connectivity index is 2.77. The molecule has 0 aliphatic heterocycles. The highest BCUT2D eigenvalue weighted by Crippen LogP contribution is 2.19. The zero-order valence-electron chi connectivity index (χ0n) is 7.64. The van der Waals surface area contributed by atoms with E-state index >= 15 is 0 Å². The summed E-state index contributed by atoms with van der Waals surface area (Å²) in [6, 6.07) is 0. The average Bonchev–Trinajstić information content (AvgIpc) is 2.46. The minimum Gasteiger partial charge on any atom is -0.383 e. The second-order valence-electron chi connectivity index (χ2n) is 2.89. The van der Waals surface area contributed by atoms with E-state index in [0.29, 0.717) is 16.9 Å². The van der Waals surface area contributed by atoms with Crippen LogP contribution in [0.2, 0.25) is 0 Å². The number of hydrogen-bond acceptors (Lipinski definition) is 5. The molecule has 72 valence electrons. The Morgan fingerprint density at radius 2 is 2.36 bits per heavy atom. The van der Waals surface area contributed by atoms with E-state index in [1.165, 1.54) is 11.0 Å². The molecule has 2 N–H and O–H groups in total. The molecule has 0 spiro atoms. The number of carbonyl (C=O) groups is 1. The molecule has 2 rings (SSSR count). The summed E-state index contributed by atoms with van der Waals surface area (Å²) in [5.41, 5.74) is 7.01. The molecule has 0 atom stereocenters. The van der Waals surface area contributed by atoms with Crippen molar-refractivity contribution in [1.82, 2.24) is 19.7 Å². The molecule has 6 nitrogen and oxygen atoms in total. The molecular weight excluding hydrogens is 182 g/mol. The largest absolute Gasteiger partial charge is 0.383 e. The van der Waals surface area contributed by atoms with Crippen molar-refractivity contribution < 1.29 is 4.79 Å². The molecule has 6 heteroatoms. The van der Waals surface area contributed by atoms with Gasteiger partial charge in [0.2, 0.25) is 0 Å². The Morgan fingerprint density at radius 1 is 1.57 bits per heavy atom. The van der Waals surface area contributed by atoms with Gasteiger partial charge in [-0.15, -0.1) is 0 Å². The quantitative estimate of drug-likeness (QED) is 0.670. The standard InChI is InChI=1S/C8H9N5O/c1-5-6-7(9)10-4-11-8(6)13(12-5)2-3-14/h3-4H,2H2,1H3,(H2,9,10,11). The van der Waals surface area contributed by atoms with Crippen LogP contribution in [0.25, 0.3) is 11.0 Å². The summed E-state index contributed by atoms with van der Waals surface area (Å²) in [5, 5.41) is 4.86. The lowest BCUT2D eigenvalue weighted by Crippen LogP contribution is -2.02. The highest BCUT2D eigenvalue weighted by atomic mass is 16.1. The minimum atomic E-state index is 0.181. The monoisotopic (exact) mass is 191 g/mol. The Hall–Kier alpha value is -1.98. The highest BCUT2D eigenvalue weighted by Gasteiger charge is 2.10. The van der Waals surface area contributed by atoms with Crippen molar-refractivity contribution >= 4 is 23.1 Å². The molecule has 0 aromatic carbocycles. The number of anilines is 1. The van der Waals surface area contributed by atoms with E-state index in [4.69, 9.17) is 5.73 Å². The first-order chi connectivity index (χ1) is 6.74. The molecular formula is C8H9N5O. The normalized spacial score (nSPS) is 10.6. The van der Waals surface area contributed by atoms with Crippen molar-refractivity contribution in [3.63, 3.8) is 0 Å². The van der Waals surface area contributed by atoms with Gasteiger partial charge in [0.15, 0.2) is 5.65 Å². The predicted molar refractivity (Wildman–Crippen MR) is 50.5 cm³/mol. The third-order valence-electron chi connectivity index (χ3n) is 1.98. The second-order valence-corrected chi connectivity index (χ2v) is 2.89. The number of rotatable bonds is 2. The van der Waals surface area contributed by atoms with E-state index in [2.05, 4.69) is 15.1 Å². The zero-order chi connectivity index (χ0) is 10.1. The Bertz CT molecular complexity index is 490. The van der Waals surface area contributed by atoms with Crippen LogP contribution in [0.5, 0.6) is 0 Å². The Kier molecular flexibility index (Phi) is 1.88. The highest BCUT2D eigenvalue weighted by molar-refractivity contribution is 5.88. The van der Waals surface area contributed by atoms with Crippen molar-refractivity contribution in [1.29, 1.82) is 0 Å². The van der Waals surface area contributed by atoms with Gasteiger partial charge in [-0.3, -0.25) is 0 Å². The summed E-state index contributed by atoms with van der Waals surface area (Å²) >= 11 is 0. The number of nitrogen functional groups attached to an aromatic ring is 1. The maximum absolute atomic E-state index is 10.4. The summed E-state index contributed by atoms with van der Waals surface area (Å²) in [6.07, 6.45) is 2.13. The maximum atomic E-state index is 10.4. The molecule has 0 fully saturated rings. The first-order valence-corrected chi connectivity index (χ1v) is 4.11. The number of nitrogens with zero attached hydrogens (tertiary/aromatic N) is 4. The molecule has 0 aliphatic rings. The van der Waals surface area contributed by atoms with Crippen LogP contribution >= 0.6 is 0 Å². The number of nitrogens with two attached hydrogens (primary N) is 1. The smallest absolute Gasteiger partial charge is 0.163 e. The van der Waals surface area contributed by atoms with E-state index < -0.39 is 0 Å². The molecule has 0 bridgehead atoms. The van der Waals surface area contributed by atoms with Gasteiger partial charge in [-0.25, -0.2) is 14.6 Å². The molecule has 2 heterocycles. The number of carbonyl (C=O) groups excluding carboxylic acids is 1. The zero-order valence-corrected chi connectivity index (χ0v) is 7.64.